The number of rotatable bonds is 1. The molecule has 0 bridgehead atoms. The Bertz CT molecular complexity index is 235. The zero-order valence-electron chi connectivity index (χ0n) is 8.91. The Kier molecular flexibility index (Phi) is 4.34. The average molecular weight is 237 g/mol. The van der Waals surface area contributed by atoms with Gasteiger partial charge in [0.15, 0.2) is 0 Å². The maximum atomic E-state index is 13.4. The number of carbonyl (C=O) groups excluding carboxylic acids is 1. The zero-order valence-corrected chi connectivity index (χ0v) is 9.73. The van der Waals surface area contributed by atoms with Crippen LogP contribution in [-0.2, 0) is 4.79 Å². The zero-order chi connectivity index (χ0) is 10.1. The van der Waals surface area contributed by atoms with Crippen LogP contribution in [0, 0.1) is 11.8 Å². The van der Waals surface area contributed by atoms with Gasteiger partial charge in [-0.15, -0.1) is 12.4 Å². The van der Waals surface area contributed by atoms with E-state index in [4.69, 9.17) is 0 Å². The molecule has 2 fully saturated rings. The van der Waals surface area contributed by atoms with E-state index in [2.05, 4.69) is 5.32 Å². The van der Waals surface area contributed by atoms with E-state index in [9.17, 15) is 9.18 Å². The minimum Gasteiger partial charge on any atom is -0.339 e. The molecule has 0 spiro atoms. The monoisotopic (exact) mass is 236 g/mol. The third-order valence-electron chi connectivity index (χ3n) is 3.31. The number of piperidine rings is 1. The second-order valence-corrected chi connectivity index (χ2v) is 4.42. The van der Waals surface area contributed by atoms with E-state index in [-0.39, 0.29) is 30.2 Å². The quantitative estimate of drug-likeness (QED) is 0.732. The molecule has 2 unspecified atom stereocenters. The van der Waals surface area contributed by atoms with Gasteiger partial charge in [-0.05, 0) is 12.3 Å². The molecular weight excluding hydrogens is 219 g/mol. The highest BCUT2D eigenvalue weighted by molar-refractivity contribution is 5.85. The third kappa shape index (κ3) is 2.61. The number of hydrogen-bond acceptors (Lipinski definition) is 2. The molecule has 5 heteroatoms. The van der Waals surface area contributed by atoms with Crippen LogP contribution >= 0.6 is 12.4 Å². The highest BCUT2D eigenvalue weighted by Crippen LogP contribution is 2.21. The van der Waals surface area contributed by atoms with E-state index in [1.165, 1.54) is 0 Å². The summed E-state index contributed by atoms with van der Waals surface area (Å²) in [7, 11) is 0. The summed E-state index contributed by atoms with van der Waals surface area (Å²) < 4.78 is 13.4. The van der Waals surface area contributed by atoms with Crippen LogP contribution in [0.15, 0.2) is 0 Å². The molecule has 0 aromatic rings. The maximum absolute atomic E-state index is 13.4. The summed E-state index contributed by atoms with van der Waals surface area (Å²) in [5.41, 5.74) is 0. The molecule has 2 rings (SSSR count). The summed E-state index contributed by atoms with van der Waals surface area (Å²) in [5, 5.41) is 3.06. The topological polar surface area (TPSA) is 32.3 Å². The SMILES string of the molecule is CC1CCN(C(=O)C2CNC2)CC1F.Cl. The third-order valence-corrected chi connectivity index (χ3v) is 3.31. The normalized spacial score (nSPS) is 31.7. The summed E-state index contributed by atoms with van der Waals surface area (Å²) in [6, 6.07) is 0. The molecule has 2 saturated heterocycles. The van der Waals surface area contributed by atoms with Crippen molar-refractivity contribution < 1.29 is 9.18 Å². The second-order valence-electron chi connectivity index (χ2n) is 4.42. The summed E-state index contributed by atoms with van der Waals surface area (Å²) in [6.45, 7) is 4.48. The second kappa shape index (κ2) is 5.12. The molecule has 15 heavy (non-hydrogen) atoms. The smallest absolute Gasteiger partial charge is 0.228 e. The van der Waals surface area contributed by atoms with Gasteiger partial charge < -0.3 is 10.2 Å². The van der Waals surface area contributed by atoms with E-state index in [1.807, 2.05) is 6.92 Å². The number of halogens is 2. The van der Waals surface area contributed by atoms with Crippen LogP contribution < -0.4 is 5.32 Å². The Labute approximate surface area is 95.8 Å². The minimum absolute atomic E-state index is 0. The molecule has 3 nitrogen and oxygen atoms in total. The van der Waals surface area contributed by atoms with Gasteiger partial charge in [0.1, 0.15) is 6.17 Å². The number of nitrogens with zero attached hydrogens (tertiary/aromatic N) is 1. The van der Waals surface area contributed by atoms with Crippen molar-refractivity contribution in [1.82, 2.24) is 10.2 Å². The van der Waals surface area contributed by atoms with Gasteiger partial charge in [0.05, 0.1) is 12.5 Å². The Morgan fingerprint density at radius 3 is 2.60 bits per heavy atom. The number of amides is 1. The fourth-order valence-corrected chi connectivity index (χ4v) is 1.94. The molecular formula is C10H18ClFN2O. The van der Waals surface area contributed by atoms with E-state index in [0.29, 0.717) is 6.54 Å². The fourth-order valence-electron chi connectivity index (χ4n) is 1.94. The molecule has 0 aromatic heterocycles. The lowest BCUT2D eigenvalue weighted by molar-refractivity contribution is -0.140. The van der Waals surface area contributed by atoms with Crippen LogP contribution in [0.2, 0.25) is 0 Å². The Hall–Kier alpha value is -0.350. The molecule has 1 N–H and O–H groups in total. The summed E-state index contributed by atoms with van der Waals surface area (Å²) in [6.07, 6.45) is -0.0340. The van der Waals surface area contributed by atoms with Gasteiger partial charge in [-0.1, -0.05) is 6.92 Å². The Balaban J connectivity index is 0.00000112. The van der Waals surface area contributed by atoms with Crippen LogP contribution in [0.5, 0.6) is 0 Å². The first kappa shape index (κ1) is 12.7. The molecule has 2 aliphatic heterocycles. The van der Waals surface area contributed by atoms with Crippen molar-refractivity contribution in [1.29, 1.82) is 0 Å². The van der Waals surface area contributed by atoms with Gasteiger partial charge in [0.2, 0.25) is 5.91 Å². The van der Waals surface area contributed by atoms with Crippen LogP contribution in [0.1, 0.15) is 13.3 Å². The molecule has 2 heterocycles. The summed E-state index contributed by atoms with van der Waals surface area (Å²) >= 11 is 0. The van der Waals surface area contributed by atoms with Crippen LogP contribution in [0.3, 0.4) is 0 Å². The van der Waals surface area contributed by atoms with Crippen molar-refractivity contribution in [3.8, 4) is 0 Å². The van der Waals surface area contributed by atoms with Crippen LogP contribution in [-0.4, -0.2) is 43.2 Å². The molecule has 1 amide bonds. The van der Waals surface area contributed by atoms with E-state index < -0.39 is 6.17 Å². The van der Waals surface area contributed by atoms with Crippen molar-refractivity contribution in [2.45, 2.75) is 19.5 Å². The number of nitrogens with one attached hydrogen (secondary N) is 1. The van der Waals surface area contributed by atoms with Gasteiger partial charge >= 0.3 is 0 Å². The number of alkyl halides is 1. The van der Waals surface area contributed by atoms with E-state index in [0.717, 1.165) is 26.1 Å². The first-order valence-electron chi connectivity index (χ1n) is 5.32. The Morgan fingerprint density at radius 2 is 2.13 bits per heavy atom. The van der Waals surface area contributed by atoms with Crippen LogP contribution in [0.25, 0.3) is 0 Å². The summed E-state index contributed by atoms with van der Waals surface area (Å²) in [4.78, 5) is 13.4. The molecule has 88 valence electrons. The molecule has 2 atom stereocenters. The van der Waals surface area contributed by atoms with Crippen molar-refractivity contribution in [3.63, 3.8) is 0 Å². The lowest BCUT2D eigenvalue weighted by Gasteiger charge is -2.37. The predicted octanol–water partition coefficient (Wildman–Crippen LogP) is 0.834. The Morgan fingerprint density at radius 1 is 1.47 bits per heavy atom. The molecule has 0 aromatic carbocycles. The van der Waals surface area contributed by atoms with Gasteiger partial charge in [-0.2, -0.15) is 0 Å². The van der Waals surface area contributed by atoms with E-state index >= 15 is 0 Å². The average Bonchev–Trinajstić information content (AvgIpc) is 2.06. The lowest BCUT2D eigenvalue weighted by atomic mass is 9.94. The van der Waals surface area contributed by atoms with Crippen molar-refractivity contribution >= 4 is 18.3 Å². The van der Waals surface area contributed by atoms with Crippen molar-refractivity contribution in [3.05, 3.63) is 0 Å². The van der Waals surface area contributed by atoms with Crippen molar-refractivity contribution in [2.75, 3.05) is 26.2 Å². The molecule has 2 aliphatic rings. The maximum Gasteiger partial charge on any atom is 0.228 e. The van der Waals surface area contributed by atoms with Gasteiger partial charge in [0.25, 0.3) is 0 Å². The number of likely N-dealkylation sites (tertiary alicyclic amines) is 1. The highest BCUT2D eigenvalue weighted by atomic mass is 35.5. The van der Waals surface area contributed by atoms with Gasteiger partial charge in [-0.3, -0.25) is 4.79 Å². The fraction of sp³-hybridized carbons (Fsp3) is 0.900. The minimum atomic E-state index is -0.833. The first-order chi connectivity index (χ1) is 6.68. The molecule has 0 aliphatic carbocycles. The van der Waals surface area contributed by atoms with Gasteiger partial charge in [-0.25, -0.2) is 4.39 Å². The van der Waals surface area contributed by atoms with Gasteiger partial charge in [0, 0.05) is 19.6 Å². The standard InChI is InChI=1S/C10H17FN2O.ClH/c1-7-2-3-13(6-9(7)11)10(14)8-4-12-5-8;/h7-9,12H,2-6H2,1H3;1H. The largest absolute Gasteiger partial charge is 0.339 e. The lowest BCUT2D eigenvalue weighted by Crippen LogP contribution is -2.55. The van der Waals surface area contributed by atoms with Crippen LogP contribution in [0.4, 0.5) is 4.39 Å². The van der Waals surface area contributed by atoms with E-state index in [1.54, 1.807) is 4.90 Å². The highest BCUT2D eigenvalue weighted by Gasteiger charge is 2.34. The molecule has 0 radical (unpaired) electrons. The number of hydrogen-bond donors (Lipinski definition) is 1. The molecule has 0 saturated carbocycles. The summed E-state index contributed by atoms with van der Waals surface area (Å²) in [5.74, 6) is 0.354. The first-order valence-corrected chi connectivity index (χ1v) is 5.32. The predicted molar refractivity (Wildman–Crippen MR) is 58.9 cm³/mol. The number of carbonyl (C=O) groups is 1. The van der Waals surface area contributed by atoms with Crippen molar-refractivity contribution in [2.24, 2.45) is 11.8 Å².